The number of carbonyl (C=O) groups is 1. The molecular weight excluding hydrogens is 192 g/mol. The van der Waals surface area contributed by atoms with Gasteiger partial charge < -0.3 is 10.0 Å². The van der Waals surface area contributed by atoms with Gasteiger partial charge in [0, 0.05) is 32.1 Å². The topological polar surface area (TPSA) is 53.4 Å². The zero-order valence-corrected chi connectivity index (χ0v) is 8.69. The molecule has 1 aromatic rings. The molecule has 15 heavy (non-hydrogen) atoms. The van der Waals surface area contributed by atoms with E-state index in [2.05, 4.69) is 16.8 Å². The molecule has 1 amide bonds. The van der Waals surface area contributed by atoms with Crippen LogP contribution in [0.1, 0.15) is 15.9 Å². The van der Waals surface area contributed by atoms with Crippen molar-refractivity contribution in [2.45, 2.75) is 0 Å². The number of carbonyl (C=O) groups excluding carboxylic acids is 1. The number of nitrogens with zero attached hydrogens (tertiary/aromatic N) is 2. The average Bonchev–Trinajstić information content (AvgIpc) is 2.25. The van der Waals surface area contributed by atoms with E-state index in [0.29, 0.717) is 11.1 Å². The second-order valence-electron chi connectivity index (χ2n) is 3.12. The molecule has 0 saturated carbocycles. The van der Waals surface area contributed by atoms with Crippen molar-refractivity contribution in [2.75, 3.05) is 20.7 Å². The SMILES string of the molecule is CN(C)C(=O)c1cncc(C#CCO)c1. The Balaban J connectivity index is 2.97. The monoisotopic (exact) mass is 204 g/mol. The van der Waals surface area contributed by atoms with Gasteiger partial charge in [-0.3, -0.25) is 9.78 Å². The van der Waals surface area contributed by atoms with Crippen LogP contribution in [0, 0.1) is 11.8 Å². The summed E-state index contributed by atoms with van der Waals surface area (Å²) in [5.74, 6) is 5.08. The zero-order valence-electron chi connectivity index (χ0n) is 8.69. The molecule has 0 aliphatic rings. The molecule has 0 spiro atoms. The Kier molecular flexibility index (Phi) is 3.83. The quantitative estimate of drug-likeness (QED) is 0.661. The Morgan fingerprint density at radius 1 is 1.53 bits per heavy atom. The van der Waals surface area contributed by atoms with Gasteiger partial charge in [0.25, 0.3) is 5.91 Å². The molecule has 1 heterocycles. The van der Waals surface area contributed by atoms with E-state index in [0.717, 1.165) is 0 Å². The minimum Gasteiger partial charge on any atom is -0.384 e. The normalized spacial score (nSPS) is 9.00. The van der Waals surface area contributed by atoms with Crippen molar-refractivity contribution in [1.82, 2.24) is 9.88 Å². The maximum absolute atomic E-state index is 11.6. The fourth-order valence-electron chi connectivity index (χ4n) is 1.03. The highest BCUT2D eigenvalue weighted by Crippen LogP contribution is 2.03. The number of hydrogen-bond donors (Lipinski definition) is 1. The summed E-state index contributed by atoms with van der Waals surface area (Å²) < 4.78 is 0. The van der Waals surface area contributed by atoms with E-state index in [1.807, 2.05) is 0 Å². The van der Waals surface area contributed by atoms with E-state index >= 15 is 0 Å². The van der Waals surface area contributed by atoms with Crippen LogP contribution >= 0.6 is 0 Å². The van der Waals surface area contributed by atoms with Gasteiger partial charge in [0.1, 0.15) is 6.61 Å². The third kappa shape index (κ3) is 3.08. The van der Waals surface area contributed by atoms with Crippen molar-refractivity contribution in [3.63, 3.8) is 0 Å². The number of pyridine rings is 1. The third-order valence-electron chi connectivity index (χ3n) is 1.70. The molecule has 4 nitrogen and oxygen atoms in total. The van der Waals surface area contributed by atoms with Gasteiger partial charge in [-0.25, -0.2) is 0 Å². The molecule has 1 aromatic heterocycles. The molecule has 0 aliphatic carbocycles. The molecule has 0 unspecified atom stereocenters. The molecule has 0 aliphatic heterocycles. The van der Waals surface area contributed by atoms with Crippen LogP contribution in [-0.2, 0) is 0 Å². The summed E-state index contributed by atoms with van der Waals surface area (Å²) in [5, 5.41) is 8.53. The van der Waals surface area contributed by atoms with Gasteiger partial charge >= 0.3 is 0 Å². The molecular formula is C11H12N2O2. The second kappa shape index (κ2) is 5.13. The summed E-state index contributed by atoms with van der Waals surface area (Å²) in [6.07, 6.45) is 3.04. The summed E-state index contributed by atoms with van der Waals surface area (Å²) >= 11 is 0. The van der Waals surface area contributed by atoms with Gasteiger partial charge in [0.15, 0.2) is 0 Å². The molecule has 0 aromatic carbocycles. The summed E-state index contributed by atoms with van der Waals surface area (Å²) in [4.78, 5) is 16.9. The first-order chi connectivity index (χ1) is 7.15. The molecule has 0 radical (unpaired) electrons. The lowest BCUT2D eigenvalue weighted by Crippen LogP contribution is -2.21. The van der Waals surface area contributed by atoms with Crippen LogP contribution in [-0.4, -0.2) is 41.6 Å². The van der Waals surface area contributed by atoms with Crippen LogP contribution in [0.15, 0.2) is 18.5 Å². The van der Waals surface area contributed by atoms with Gasteiger partial charge in [0.2, 0.25) is 0 Å². The van der Waals surface area contributed by atoms with E-state index in [-0.39, 0.29) is 12.5 Å². The first-order valence-electron chi connectivity index (χ1n) is 4.41. The highest BCUT2D eigenvalue weighted by molar-refractivity contribution is 5.93. The third-order valence-corrected chi connectivity index (χ3v) is 1.70. The van der Waals surface area contributed by atoms with E-state index in [1.165, 1.54) is 11.1 Å². The Morgan fingerprint density at radius 2 is 2.27 bits per heavy atom. The molecule has 78 valence electrons. The summed E-state index contributed by atoms with van der Waals surface area (Å²) in [6.45, 7) is -0.203. The van der Waals surface area contributed by atoms with E-state index in [9.17, 15) is 4.79 Å². The highest BCUT2D eigenvalue weighted by atomic mass is 16.2. The van der Waals surface area contributed by atoms with E-state index in [1.54, 1.807) is 26.4 Å². The van der Waals surface area contributed by atoms with Gasteiger partial charge in [-0.2, -0.15) is 0 Å². The summed E-state index contributed by atoms with van der Waals surface area (Å²) in [5.41, 5.74) is 1.11. The first kappa shape index (κ1) is 11.2. The molecule has 0 bridgehead atoms. The van der Waals surface area contributed by atoms with Crippen LogP contribution in [0.25, 0.3) is 0 Å². The Labute approximate surface area is 88.6 Å². The Hall–Kier alpha value is -1.86. The predicted molar refractivity (Wildman–Crippen MR) is 56.2 cm³/mol. The Bertz CT molecular complexity index is 416. The predicted octanol–water partition coefficient (Wildman–Crippen LogP) is 0.127. The van der Waals surface area contributed by atoms with Gasteiger partial charge in [-0.15, -0.1) is 0 Å². The van der Waals surface area contributed by atoms with Crippen molar-refractivity contribution in [3.8, 4) is 11.8 Å². The molecule has 1 N–H and O–H groups in total. The molecule has 1 rings (SSSR count). The fraction of sp³-hybridized carbons (Fsp3) is 0.273. The maximum atomic E-state index is 11.6. The zero-order chi connectivity index (χ0) is 11.3. The smallest absolute Gasteiger partial charge is 0.254 e. The molecule has 0 atom stereocenters. The number of aromatic nitrogens is 1. The fourth-order valence-corrected chi connectivity index (χ4v) is 1.03. The standard InChI is InChI=1S/C11H12N2O2/c1-13(2)11(15)10-6-9(4-3-5-14)7-12-8-10/h6-8,14H,5H2,1-2H3. The van der Waals surface area contributed by atoms with Gasteiger partial charge in [-0.1, -0.05) is 11.8 Å². The lowest BCUT2D eigenvalue weighted by molar-refractivity contribution is 0.0827. The lowest BCUT2D eigenvalue weighted by atomic mass is 10.2. The van der Waals surface area contributed by atoms with Crippen molar-refractivity contribution in [2.24, 2.45) is 0 Å². The van der Waals surface area contributed by atoms with Crippen molar-refractivity contribution in [3.05, 3.63) is 29.6 Å². The summed E-state index contributed by atoms with van der Waals surface area (Å²) in [7, 11) is 3.35. The van der Waals surface area contributed by atoms with Crippen molar-refractivity contribution in [1.29, 1.82) is 0 Å². The average molecular weight is 204 g/mol. The number of amides is 1. The van der Waals surface area contributed by atoms with Crippen LogP contribution in [0.4, 0.5) is 0 Å². The molecule has 0 saturated heterocycles. The van der Waals surface area contributed by atoms with Crippen LogP contribution in [0.3, 0.4) is 0 Å². The van der Waals surface area contributed by atoms with E-state index in [4.69, 9.17) is 5.11 Å². The number of hydrogen-bond acceptors (Lipinski definition) is 3. The van der Waals surface area contributed by atoms with Crippen LogP contribution in [0.2, 0.25) is 0 Å². The minimum atomic E-state index is -0.203. The summed E-state index contributed by atoms with van der Waals surface area (Å²) in [6, 6.07) is 1.65. The lowest BCUT2D eigenvalue weighted by Gasteiger charge is -2.09. The van der Waals surface area contributed by atoms with E-state index < -0.39 is 0 Å². The second-order valence-corrected chi connectivity index (χ2v) is 3.12. The molecule has 0 fully saturated rings. The minimum absolute atomic E-state index is 0.116. The maximum Gasteiger partial charge on any atom is 0.254 e. The van der Waals surface area contributed by atoms with Crippen LogP contribution in [0.5, 0.6) is 0 Å². The number of aliphatic hydroxyl groups is 1. The van der Waals surface area contributed by atoms with Crippen molar-refractivity contribution < 1.29 is 9.90 Å². The van der Waals surface area contributed by atoms with Crippen molar-refractivity contribution >= 4 is 5.91 Å². The number of aliphatic hydroxyl groups excluding tert-OH is 1. The van der Waals surface area contributed by atoms with Gasteiger partial charge in [-0.05, 0) is 6.07 Å². The number of rotatable bonds is 1. The molecule has 4 heteroatoms. The Morgan fingerprint density at radius 3 is 2.87 bits per heavy atom. The largest absolute Gasteiger partial charge is 0.384 e. The van der Waals surface area contributed by atoms with Crippen LogP contribution < -0.4 is 0 Å². The highest BCUT2D eigenvalue weighted by Gasteiger charge is 2.07. The first-order valence-corrected chi connectivity index (χ1v) is 4.41. The van der Waals surface area contributed by atoms with Gasteiger partial charge in [0.05, 0.1) is 5.56 Å².